The molecule has 21 heavy (non-hydrogen) atoms. The van der Waals surface area contributed by atoms with E-state index in [2.05, 4.69) is 12.2 Å². The molecular weight excluding hydrogens is 264 g/mol. The number of carbonyl (C=O) groups excluding carboxylic acids is 2. The van der Waals surface area contributed by atoms with E-state index >= 15 is 0 Å². The van der Waals surface area contributed by atoms with Crippen LogP contribution in [0.4, 0.5) is 4.79 Å². The van der Waals surface area contributed by atoms with Crippen LogP contribution in [0.15, 0.2) is 30.3 Å². The van der Waals surface area contributed by atoms with Crippen LogP contribution in [-0.2, 0) is 4.79 Å². The Balaban J connectivity index is 1.88. The standard InChI is InChI=1S/C17H20N2O2/c1-11(20)17-10-13-8-9-19(16(13,17)2)15(21)18-14(17)12-6-4-3-5-7-12/h3-7,13-14H,8-10H2,1-2H3,(H,18,21)/t13-,14+,16-,17+/m0/s1. The minimum absolute atomic E-state index is 0.0228. The largest absolute Gasteiger partial charge is 0.330 e. The molecular formula is C17H20N2O2. The van der Waals surface area contributed by atoms with Gasteiger partial charge in [-0.25, -0.2) is 4.79 Å². The number of ketones is 1. The second-order valence-electron chi connectivity index (χ2n) is 6.81. The van der Waals surface area contributed by atoms with Crippen molar-refractivity contribution < 1.29 is 9.59 Å². The van der Waals surface area contributed by atoms with Gasteiger partial charge in [0, 0.05) is 6.54 Å². The van der Waals surface area contributed by atoms with E-state index in [4.69, 9.17) is 0 Å². The zero-order valence-corrected chi connectivity index (χ0v) is 12.4. The van der Waals surface area contributed by atoms with Crippen LogP contribution in [0.3, 0.4) is 0 Å². The molecule has 2 amide bonds. The number of amides is 2. The minimum Gasteiger partial charge on any atom is -0.330 e. The highest BCUT2D eigenvalue weighted by Gasteiger charge is 2.75. The Labute approximate surface area is 124 Å². The monoisotopic (exact) mass is 284 g/mol. The number of nitrogens with zero attached hydrogens (tertiary/aromatic N) is 1. The van der Waals surface area contributed by atoms with Crippen LogP contribution >= 0.6 is 0 Å². The Morgan fingerprint density at radius 1 is 1.33 bits per heavy atom. The van der Waals surface area contributed by atoms with E-state index in [1.54, 1.807) is 6.92 Å². The van der Waals surface area contributed by atoms with Gasteiger partial charge in [0.1, 0.15) is 5.78 Å². The highest BCUT2D eigenvalue weighted by Crippen LogP contribution is 2.68. The third kappa shape index (κ3) is 1.27. The number of urea groups is 1. The van der Waals surface area contributed by atoms with Gasteiger partial charge in [0.25, 0.3) is 0 Å². The maximum atomic E-state index is 12.6. The molecule has 4 nitrogen and oxygen atoms in total. The summed E-state index contributed by atoms with van der Waals surface area (Å²) in [5.41, 5.74) is 0.234. The van der Waals surface area contributed by atoms with Crippen molar-refractivity contribution in [2.45, 2.75) is 38.3 Å². The lowest BCUT2D eigenvalue weighted by atomic mass is 9.44. The fraction of sp³-hybridized carbons (Fsp3) is 0.529. The van der Waals surface area contributed by atoms with Gasteiger partial charge < -0.3 is 10.2 Å². The van der Waals surface area contributed by atoms with E-state index in [1.807, 2.05) is 35.2 Å². The van der Waals surface area contributed by atoms with Crippen LogP contribution in [-0.4, -0.2) is 28.8 Å². The molecule has 0 bridgehead atoms. The normalized spacial score (nSPS) is 40.3. The van der Waals surface area contributed by atoms with Gasteiger partial charge in [0.2, 0.25) is 0 Å². The number of rotatable bonds is 2. The van der Waals surface area contributed by atoms with E-state index < -0.39 is 5.41 Å². The number of nitrogens with one attached hydrogen (secondary N) is 1. The molecule has 3 aliphatic rings. The smallest absolute Gasteiger partial charge is 0.318 e. The number of Topliss-reactive ketones (excluding diaryl/α,β-unsaturated/α-hetero) is 1. The maximum Gasteiger partial charge on any atom is 0.318 e. The van der Waals surface area contributed by atoms with Crippen LogP contribution in [0.25, 0.3) is 0 Å². The van der Waals surface area contributed by atoms with Gasteiger partial charge in [0.05, 0.1) is 17.0 Å². The van der Waals surface area contributed by atoms with Crippen molar-refractivity contribution in [1.82, 2.24) is 10.2 Å². The van der Waals surface area contributed by atoms with Crippen molar-refractivity contribution in [1.29, 1.82) is 0 Å². The van der Waals surface area contributed by atoms with E-state index in [0.29, 0.717) is 5.92 Å². The number of carbonyl (C=O) groups is 2. The molecule has 0 radical (unpaired) electrons. The highest BCUT2D eigenvalue weighted by molar-refractivity contribution is 5.91. The molecule has 1 saturated carbocycles. The molecule has 110 valence electrons. The summed E-state index contributed by atoms with van der Waals surface area (Å²) < 4.78 is 0. The van der Waals surface area contributed by atoms with Crippen molar-refractivity contribution in [3.63, 3.8) is 0 Å². The Morgan fingerprint density at radius 3 is 2.71 bits per heavy atom. The number of benzene rings is 1. The van der Waals surface area contributed by atoms with Gasteiger partial charge in [-0.15, -0.1) is 0 Å². The summed E-state index contributed by atoms with van der Waals surface area (Å²) in [4.78, 5) is 27.0. The predicted octanol–water partition coefficient (Wildman–Crippen LogP) is 2.51. The van der Waals surface area contributed by atoms with Crippen molar-refractivity contribution in [2.75, 3.05) is 6.54 Å². The summed E-state index contributed by atoms with van der Waals surface area (Å²) in [6, 6.07) is 9.68. The summed E-state index contributed by atoms with van der Waals surface area (Å²) in [5.74, 6) is 0.653. The molecule has 2 heterocycles. The molecule has 1 N–H and O–H groups in total. The molecule has 2 saturated heterocycles. The molecule has 0 aromatic heterocycles. The molecule has 1 aromatic carbocycles. The minimum atomic E-state index is -0.483. The zero-order valence-electron chi connectivity index (χ0n) is 12.4. The summed E-state index contributed by atoms with van der Waals surface area (Å²) >= 11 is 0. The van der Waals surface area contributed by atoms with Gasteiger partial charge in [0.15, 0.2) is 0 Å². The molecule has 1 aliphatic carbocycles. The highest BCUT2D eigenvalue weighted by atomic mass is 16.2. The Morgan fingerprint density at radius 2 is 2.05 bits per heavy atom. The third-order valence-electron chi connectivity index (χ3n) is 6.30. The van der Waals surface area contributed by atoms with Crippen LogP contribution in [0.1, 0.15) is 38.3 Å². The van der Waals surface area contributed by atoms with Crippen LogP contribution < -0.4 is 5.32 Å². The van der Waals surface area contributed by atoms with Gasteiger partial charge in [-0.2, -0.15) is 0 Å². The number of hydrogen-bond acceptors (Lipinski definition) is 2. The topological polar surface area (TPSA) is 49.4 Å². The van der Waals surface area contributed by atoms with Crippen LogP contribution in [0.2, 0.25) is 0 Å². The quantitative estimate of drug-likeness (QED) is 0.907. The number of hydrogen-bond donors (Lipinski definition) is 1. The maximum absolute atomic E-state index is 12.6. The van der Waals surface area contributed by atoms with Crippen LogP contribution in [0.5, 0.6) is 0 Å². The lowest BCUT2D eigenvalue weighted by molar-refractivity contribution is -0.170. The fourth-order valence-corrected chi connectivity index (χ4v) is 5.15. The van der Waals surface area contributed by atoms with Crippen molar-refractivity contribution in [3.05, 3.63) is 35.9 Å². The Bertz CT molecular complexity index is 629. The molecule has 4 heteroatoms. The molecule has 0 unspecified atom stereocenters. The summed E-state index contributed by atoms with van der Waals surface area (Å²) in [6.07, 6.45) is 1.90. The molecule has 2 aliphatic heterocycles. The van der Waals surface area contributed by atoms with Gasteiger partial charge in [-0.3, -0.25) is 4.79 Å². The molecule has 0 spiro atoms. The molecule has 3 fully saturated rings. The summed E-state index contributed by atoms with van der Waals surface area (Å²) in [7, 11) is 0. The van der Waals surface area contributed by atoms with Gasteiger partial charge in [-0.05, 0) is 38.2 Å². The fourth-order valence-electron chi connectivity index (χ4n) is 5.15. The van der Waals surface area contributed by atoms with E-state index in [9.17, 15) is 9.59 Å². The Kier molecular flexibility index (Phi) is 2.37. The van der Waals surface area contributed by atoms with Gasteiger partial charge >= 0.3 is 6.03 Å². The summed E-state index contributed by atoms with van der Waals surface area (Å²) in [6.45, 7) is 4.57. The second kappa shape index (κ2) is 3.87. The van der Waals surface area contributed by atoms with E-state index in [-0.39, 0.29) is 23.4 Å². The SMILES string of the molecule is CC(=O)[C@]12C[C@@H]3CCN(C(=O)N[C@@H]1c1ccccc1)[C@@]32C. The predicted molar refractivity (Wildman–Crippen MR) is 78.7 cm³/mol. The lowest BCUT2D eigenvalue weighted by Gasteiger charge is -2.67. The summed E-state index contributed by atoms with van der Waals surface area (Å²) in [5, 5.41) is 3.11. The molecule has 4 rings (SSSR count). The first-order valence-electron chi connectivity index (χ1n) is 7.66. The van der Waals surface area contributed by atoms with Crippen LogP contribution in [0, 0.1) is 11.3 Å². The lowest BCUT2D eigenvalue weighted by Crippen LogP contribution is -2.78. The van der Waals surface area contributed by atoms with Crippen molar-refractivity contribution >= 4 is 11.8 Å². The average Bonchev–Trinajstić information content (AvgIpc) is 2.77. The first-order valence-corrected chi connectivity index (χ1v) is 7.66. The van der Waals surface area contributed by atoms with Crippen molar-refractivity contribution in [3.8, 4) is 0 Å². The molecule has 1 aromatic rings. The van der Waals surface area contributed by atoms with E-state index in [0.717, 1.165) is 24.9 Å². The third-order valence-corrected chi connectivity index (χ3v) is 6.30. The zero-order chi connectivity index (χ0) is 14.8. The first kappa shape index (κ1) is 12.9. The van der Waals surface area contributed by atoms with Crippen molar-refractivity contribution in [2.24, 2.45) is 11.3 Å². The second-order valence-corrected chi connectivity index (χ2v) is 6.81. The first-order chi connectivity index (χ1) is 10.0. The molecule has 4 atom stereocenters. The Hall–Kier alpha value is -1.84. The average molecular weight is 284 g/mol. The van der Waals surface area contributed by atoms with Gasteiger partial charge in [-0.1, -0.05) is 30.3 Å². The van der Waals surface area contributed by atoms with E-state index in [1.165, 1.54) is 0 Å².